The molecular weight excluding hydrogens is 260 g/mol. The number of nitrogens with zero attached hydrogens (tertiary/aromatic N) is 1. The van der Waals surface area contributed by atoms with E-state index in [2.05, 4.69) is 5.32 Å². The van der Waals surface area contributed by atoms with Crippen molar-refractivity contribution in [2.24, 2.45) is 0 Å². The number of hydrogen-bond acceptors (Lipinski definition) is 5. The van der Waals surface area contributed by atoms with Crippen LogP contribution in [0.15, 0.2) is 30.3 Å². The van der Waals surface area contributed by atoms with Crippen LogP contribution in [0, 0.1) is 0 Å². The Morgan fingerprint density at radius 3 is 2.35 bits per heavy atom. The summed E-state index contributed by atoms with van der Waals surface area (Å²) in [5, 5.41) is 31.5. The molecule has 6 nitrogen and oxygen atoms in total. The highest BCUT2D eigenvalue weighted by Gasteiger charge is 2.41. The first-order chi connectivity index (χ1) is 9.54. The maximum absolute atomic E-state index is 12.2. The lowest BCUT2D eigenvalue weighted by molar-refractivity contribution is -0.119. The Morgan fingerprint density at radius 1 is 1.20 bits per heavy atom. The lowest BCUT2D eigenvalue weighted by Crippen LogP contribution is -2.40. The van der Waals surface area contributed by atoms with Crippen molar-refractivity contribution >= 4 is 11.6 Å². The van der Waals surface area contributed by atoms with E-state index in [1.165, 1.54) is 4.90 Å². The summed E-state index contributed by atoms with van der Waals surface area (Å²) < 4.78 is 0. The number of benzene rings is 1. The molecule has 4 N–H and O–H groups in total. The average Bonchev–Trinajstić information content (AvgIpc) is 2.75. The van der Waals surface area contributed by atoms with Crippen LogP contribution in [-0.4, -0.2) is 59.2 Å². The number of hydrogen-bond donors (Lipinski definition) is 4. The van der Waals surface area contributed by atoms with Gasteiger partial charge in [0.2, 0.25) is 5.91 Å². The number of amides is 1. The van der Waals surface area contributed by atoms with Gasteiger partial charge < -0.3 is 25.5 Å². The van der Waals surface area contributed by atoms with Crippen LogP contribution >= 0.6 is 0 Å². The quantitative estimate of drug-likeness (QED) is 0.573. The van der Waals surface area contributed by atoms with Crippen LogP contribution in [-0.2, 0) is 4.79 Å². The van der Waals surface area contributed by atoms with E-state index in [0.29, 0.717) is 0 Å². The number of rotatable bonds is 4. The molecular formula is C14H20N2O4. The smallest absolute Gasteiger partial charge is 0.228 e. The molecule has 110 valence electrons. The van der Waals surface area contributed by atoms with E-state index < -0.39 is 24.3 Å². The third-order valence-electron chi connectivity index (χ3n) is 3.71. The highest BCUT2D eigenvalue weighted by molar-refractivity contribution is 5.93. The minimum absolute atomic E-state index is 0.0557. The molecule has 1 heterocycles. The van der Waals surface area contributed by atoms with Crippen LogP contribution in [0.4, 0.5) is 5.69 Å². The first-order valence-electron chi connectivity index (χ1n) is 6.59. The number of carbonyl (C=O) groups is 1. The van der Waals surface area contributed by atoms with E-state index in [1.807, 2.05) is 30.3 Å². The van der Waals surface area contributed by atoms with Crippen LogP contribution < -0.4 is 10.2 Å². The number of carbonyl (C=O) groups excluding carboxylic acids is 1. The number of aliphatic hydroxyl groups excluding tert-OH is 3. The van der Waals surface area contributed by atoms with Crippen molar-refractivity contribution < 1.29 is 20.1 Å². The molecule has 1 aliphatic heterocycles. The molecule has 0 bridgehead atoms. The number of para-hydroxylation sites is 1. The van der Waals surface area contributed by atoms with Gasteiger partial charge in [-0.3, -0.25) is 4.79 Å². The molecule has 0 aromatic heterocycles. The molecule has 1 fully saturated rings. The highest BCUT2D eigenvalue weighted by Crippen LogP contribution is 2.19. The molecule has 1 aromatic carbocycles. The van der Waals surface area contributed by atoms with Crippen molar-refractivity contribution in [2.45, 2.75) is 30.7 Å². The van der Waals surface area contributed by atoms with Gasteiger partial charge in [-0.15, -0.1) is 0 Å². The summed E-state index contributed by atoms with van der Waals surface area (Å²) in [6, 6.07) is 8.04. The van der Waals surface area contributed by atoms with Gasteiger partial charge in [-0.25, -0.2) is 0 Å². The molecule has 1 aliphatic rings. The molecule has 1 amide bonds. The lowest BCUT2D eigenvalue weighted by atomic mass is 10.1. The fraction of sp³-hybridized carbons (Fsp3) is 0.500. The van der Waals surface area contributed by atoms with Crippen molar-refractivity contribution in [3.8, 4) is 0 Å². The molecule has 1 saturated heterocycles. The van der Waals surface area contributed by atoms with Gasteiger partial charge in [0.1, 0.15) is 0 Å². The molecule has 2 rings (SSSR count). The second kappa shape index (κ2) is 6.32. The van der Waals surface area contributed by atoms with Crippen LogP contribution in [0.25, 0.3) is 0 Å². The molecule has 4 atom stereocenters. The van der Waals surface area contributed by atoms with Crippen molar-refractivity contribution in [1.82, 2.24) is 5.32 Å². The third kappa shape index (κ3) is 2.99. The predicted molar refractivity (Wildman–Crippen MR) is 74.3 cm³/mol. The van der Waals surface area contributed by atoms with Crippen molar-refractivity contribution in [3.05, 3.63) is 30.3 Å². The van der Waals surface area contributed by atoms with E-state index in [4.69, 9.17) is 5.11 Å². The highest BCUT2D eigenvalue weighted by atomic mass is 16.3. The molecule has 20 heavy (non-hydrogen) atoms. The summed E-state index contributed by atoms with van der Waals surface area (Å²) in [4.78, 5) is 13.7. The van der Waals surface area contributed by atoms with E-state index in [9.17, 15) is 15.0 Å². The summed E-state index contributed by atoms with van der Waals surface area (Å²) in [6.45, 7) is -0.280. The van der Waals surface area contributed by atoms with Crippen LogP contribution in [0.3, 0.4) is 0 Å². The monoisotopic (exact) mass is 280 g/mol. The topological polar surface area (TPSA) is 93.0 Å². The standard InChI is InChI=1S/C14H20N2O4/c1-16(9-5-3-2-4-6-9)12(18)7-10-13(19)14(20)11(8-17)15-10/h2-6,10-11,13-15,17,19-20H,7-8H2,1H3/t10-,11-,13+,14-/m1/s1. The molecule has 0 spiro atoms. The first-order valence-corrected chi connectivity index (χ1v) is 6.59. The normalized spacial score (nSPS) is 29.4. The number of aliphatic hydroxyl groups is 3. The summed E-state index contributed by atoms with van der Waals surface area (Å²) in [5.74, 6) is -0.168. The SMILES string of the molecule is CN(C(=O)C[C@H]1N[C@H](CO)[C@@H](O)[C@H]1O)c1ccccc1. The Balaban J connectivity index is 1.98. The Bertz CT molecular complexity index is 454. The number of nitrogens with one attached hydrogen (secondary N) is 1. The molecule has 6 heteroatoms. The van der Waals surface area contributed by atoms with Gasteiger partial charge in [0, 0.05) is 25.2 Å². The summed E-state index contributed by atoms with van der Waals surface area (Å²) in [5.41, 5.74) is 0.768. The van der Waals surface area contributed by atoms with Gasteiger partial charge in [0.25, 0.3) is 0 Å². The fourth-order valence-electron chi connectivity index (χ4n) is 2.41. The molecule has 0 unspecified atom stereocenters. The molecule has 0 aliphatic carbocycles. The summed E-state index contributed by atoms with van der Waals surface area (Å²) in [6.07, 6.45) is -2.06. The van der Waals surface area contributed by atoms with Crippen LogP contribution in [0.2, 0.25) is 0 Å². The molecule has 0 saturated carbocycles. The second-order valence-electron chi connectivity index (χ2n) is 5.04. The largest absolute Gasteiger partial charge is 0.395 e. The van der Waals surface area contributed by atoms with Crippen molar-refractivity contribution in [1.29, 1.82) is 0 Å². The zero-order valence-electron chi connectivity index (χ0n) is 11.3. The number of anilines is 1. The van der Waals surface area contributed by atoms with Gasteiger partial charge in [0.05, 0.1) is 24.9 Å². The van der Waals surface area contributed by atoms with Gasteiger partial charge in [-0.05, 0) is 12.1 Å². The van der Waals surface area contributed by atoms with E-state index >= 15 is 0 Å². The average molecular weight is 280 g/mol. The van der Waals surface area contributed by atoms with Gasteiger partial charge >= 0.3 is 0 Å². The van der Waals surface area contributed by atoms with Crippen molar-refractivity contribution in [3.63, 3.8) is 0 Å². The minimum atomic E-state index is -1.06. The van der Waals surface area contributed by atoms with E-state index in [1.54, 1.807) is 7.05 Å². The van der Waals surface area contributed by atoms with Crippen molar-refractivity contribution in [2.75, 3.05) is 18.6 Å². The third-order valence-corrected chi connectivity index (χ3v) is 3.71. The first kappa shape index (κ1) is 14.9. The summed E-state index contributed by atoms with van der Waals surface area (Å²) in [7, 11) is 1.67. The Labute approximate surface area is 117 Å². The zero-order valence-corrected chi connectivity index (χ0v) is 11.3. The maximum atomic E-state index is 12.2. The van der Waals surface area contributed by atoms with Crippen LogP contribution in [0.5, 0.6) is 0 Å². The molecule has 1 aromatic rings. The van der Waals surface area contributed by atoms with Crippen LogP contribution in [0.1, 0.15) is 6.42 Å². The lowest BCUT2D eigenvalue weighted by Gasteiger charge is -2.21. The minimum Gasteiger partial charge on any atom is -0.395 e. The molecule has 0 radical (unpaired) electrons. The van der Waals surface area contributed by atoms with Gasteiger partial charge in [-0.2, -0.15) is 0 Å². The van der Waals surface area contributed by atoms with E-state index in [-0.39, 0.29) is 18.9 Å². The van der Waals surface area contributed by atoms with Gasteiger partial charge in [0.15, 0.2) is 0 Å². The predicted octanol–water partition coefficient (Wildman–Crippen LogP) is -0.906. The van der Waals surface area contributed by atoms with Gasteiger partial charge in [-0.1, -0.05) is 18.2 Å². The maximum Gasteiger partial charge on any atom is 0.228 e. The van der Waals surface area contributed by atoms with E-state index in [0.717, 1.165) is 5.69 Å². The Hall–Kier alpha value is -1.47. The zero-order chi connectivity index (χ0) is 14.7. The Kier molecular flexibility index (Phi) is 4.72. The summed E-state index contributed by atoms with van der Waals surface area (Å²) >= 11 is 0. The second-order valence-corrected chi connectivity index (χ2v) is 5.04. The fourth-order valence-corrected chi connectivity index (χ4v) is 2.41. The Morgan fingerprint density at radius 2 is 1.80 bits per heavy atom.